The van der Waals surface area contributed by atoms with Crippen molar-refractivity contribution in [3.8, 4) is 0 Å². The second kappa shape index (κ2) is 83.8. The molecule has 0 aromatic rings. The Morgan fingerprint density at radius 3 is 0.755 bits per heavy atom. The molecule has 0 aliphatic carbocycles. The van der Waals surface area contributed by atoms with E-state index in [1.165, 1.54) is 430 Å². The summed E-state index contributed by atoms with van der Waals surface area (Å²) in [6, 6.07) is -0.540. The lowest BCUT2D eigenvalue weighted by atomic mass is 10.0. The second-order valence-electron chi connectivity index (χ2n) is 30.2. The zero-order valence-electron chi connectivity index (χ0n) is 64.2. The highest BCUT2D eigenvalue weighted by Crippen LogP contribution is 2.21. The molecule has 0 aromatic carbocycles. The molecule has 0 aliphatic rings. The fourth-order valence-electron chi connectivity index (χ4n) is 14.1. The summed E-state index contributed by atoms with van der Waals surface area (Å²) in [6.07, 6.45) is 109. The normalized spacial score (nSPS) is 12.5. The number of aliphatic hydroxyl groups is 2. The molecule has 0 bridgehead atoms. The number of hydrogen-bond donors (Lipinski definition) is 3. The van der Waals surface area contributed by atoms with E-state index in [2.05, 4.69) is 43.5 Å². The van der Waals surface area contributed by atoms with E-state index in [0.29, 0.717) is 25.9 Å². The fraction of sp³-hybridized carbons (Fsp3) is 0.932. The van der Waals surface area contributed by atoms with Crippen LogP contribution in [0.3, 0.4) is 0 Å². The molecule has 6 nitrogen and oxygen atoms in total. The molecule has 1 amide bonds. The number of rotatable bonds is 83. The summed E-state index contributed by atoms with van der Waals surface area (Å²) in [6.45, 7) is 5.01. The van der Waals surface area contributed by atoms with Crippen LogP contribution in [0.2, 0.25) is 0 Å². The number of carbonyl (C=O) groups is 2. The Morgan fingerprint density at radius 2 is 0.500 bits per heavy atom. The maximum atomic E-state index is 12.6. The Balaban J connectivity index is 3.33. The van der Waals surface area contributed by atoms with Crippen LogP contribution in [0.15, 0.2) is 24.3 Å². The first-order chi connectivity index (χ1) is 46.5. The van der Waals surface area contributed by atoms with E-state index in [9.17, 15) is 19.8 Å². The van der Waals surface area contributed by atoms with Gasteiger partial charge in [-0.05, 0) is 77.0 Å². The van der Waals surface area contributed by atoms with Crippen molar-refractivity contribution >= 4 is 11.9 Å². The van der Waals surface area contributed by atoms with Gasteiger partial charge in [0.2, 0.25) is 5.91 Å². The summed E-state index contributed by atoms with van der Waals surface area (Å²) in [5, 5.41) is 23.5. The predicted molar refractivity (Wildman–Crippen MR) is 417 cm³/mol. The molecular formula is C88H171NO5. The van der Waals surface area contributed by atoms with Gasteiger partial charge < -0.3 is 20.3 Å². The Labute approximate surface area is 590 Å². The van der Waals surface area contributed by atoms with Gasteiger partial charge in [0.1, 0.15) is 0 Å². The van der Waals surface area contributed by atoms with Crippen LogP contribution in [-0.4, -0.2) is 47.4 Å². The number of aliphatic hydroxyl groups excluding tert-OH is 2. The minimum absolute atomic E-state index is 0.0211. The summed E-state index contributed by atoms with van der Waals surface area (Å²) in [4.78, 5) is 24.7. The van der Waals surface area contributed by atoms with Crippen LogP contribution in [0, 0.1) is 0 Å². The number of esters is 1. The molecule has 0 rings (SSSR count). The maximum Gasteiger partial charge on any atom is 0.305 e. The number of hydrogen-bond acceptors (Lipinski definition) is 5. The number of allylic oxidation sites excluding steroid dienone is 4. The molecule has 0 radical (unpaired) electrons. The average Bonchev–Trinajstić information content (AvgIpc) is 3.61. The highest BCUT2D eigenvalue weighted by atomic mass is 16.5. The van der Waals surface area contributed by atoms with Crippen molar-refractivity contribution in [2.45, 2.75) is 514 Å². The van der Waals surface area contributed by atoms with Gasteiger partial charge in [-0.25, -0.2) is 0 Å². The van der Waals surface area contributed by atoms with E-state index in [1.54, 1.807) is 0 Å². The first-order valence-electron chi connectivity index (χ1n) is 43.6. The van der Waals surface area contributed by atoms with E-state index in [4.69, 9.17) is 4.74 Å². The van der Waals surface area contributed by atoms with Gasteiger partial charge in [-0.15, -0.1) is 0 Å². The molecule has 0 saturated carbocycles. The van der Waals surface area contributed by atoms with Crippen molar-refractivity contribution in [1.29, 1.82) is 0 Å². The van der Waals surface area contributed by atoms with Crippen molar-refractivity contribution < 1.29 is 24.5 Å². The summed E-state index contributed by atoms with van der Waals surface area (Å²) in [5.41, 5.74) is 0. The van der Waals surface area contributed by atoms with Gasteiger partial charge in [0.25, 0.3) is 0 Å². The van der Waals surface area contributed by atoms with Crippen LogP contribution < -0.4 is 5.32 Å². The molecule has 94 heavy (non-hydrogen) atoms. The molecule has 0 aromatic heterocycles. The Hall–Kier alpha value is -1.66. The third kappa shape index (κ3) is 79.3. The van der Waals surface area contributed by atoms with Crippen molar-refractivity contribution in [1.82, 2.24) is 5.32 Å². The molecule has 0 heterocycles. The van der Waals surface area contributed by atoms with E-state index in [0.717, 1.165) is 38.5 Å². The lowest BCUT2D eigenvalue weighted by Crippen LogP contribution is -2.45. The van der Waals surface area contributed by atoms with Crippen LogP contribution in [0.5, 0.6) is 0 Å². The van der Waals surface area contributed by atoms with E-state index in [1.807, 2.05) is 0 Å². The molecule has 6 heteroatoms. The van der Waals surface area contributed by atoms with E-state index in [-0.39, 0.29) is 18.5 Å². The largest absolute Gasteiger partial charge is 0.466 e. The average molecular weight is 1320 g/mol. The SMILES string of the molecule is CCCCCCCC/C=C\CCCCCCCCCCCC(=O)OCCCCCCCCCCCCCCCC/C=C\CCCCCCCCCCCCCCCCCCCC(=O)NC(CO)C(O)CCCCCCCCCCCCCCCCCCCCCCCCC. The minimum atomic E-state index is -0.663. The number of ether oxygens (including phenoxy) is 1. The first-order valence-corrected chi connectivity index (χ1v) is 43.6. The van der Waals surface area contributed by atoms with Crippen molar-refractivity contribution in [2.24, 2.45) is 0 Å². The fourth-order valence-corrected chi connectivity index (χ4v) is 14.1. The molecule has 0 spiro atoms. The van der Waals surface area contributed by atoms with Crippen molar-refractivity contribution in [3.63, 3.8) is 0 Å². The number of nitrogens with one attached hydrogen (secondary N) is 1. The zero-order chi connectivity index (χ0) is 67.7. The Bertz CT molecular complexity index is 1480. The molecule has 3 N–H and O–H groups in total. The zero-order valence-corrected chi connectivity index (χ0v) is 64.2. The third-order valence-corrected chi connectivity index (χ3v) is 20.7. The summed E-state index contributed by atoms with van der Waals surface area (Å²) < 4.78 is 5.52. The lowest BCUT2D eigenvalue weighted by molar-refractivity contribution is -0.143. The van der Waals surface area contributed by atoms with Gasteiger partial charge in [-0.2, -0.15) is 0 Å². The van der Waals surface area contributed by atoms with Crippen LogP contribution in [0.1, 0.15) is 502 Å². The topological polar surface area (TPSA) is 95.9 Å². The van der Waals surface area contributed by atoms with Gasteiger partial charge in [-0.1, -0.05) is 436 Å². The highest BCUT2D eigenvalue weighted by Gasteiger charge is 2.20. The number of unbranched alkanes of at least 4 members (excludes halogenated alkanes) is 68. The maximum absolute atomic E-state index is 12.6. The Kier molecular flexibility index (Phi) is 82.3. The third-order valence-electron chi connectivity index (χ3n) is 20.7. The summed E-state index contributed by atoms with van der Waals surface area (Å²) in [5.74, 6) is -0.00410. The van der Waals surface area contributed by atoms with Crippen LogP contribution in [-0.2, 0) is 14.3 Å². The number of carbonyl (C=O) groups excluding carboxylic acids is 2. The van der Waals surface area contributed by atoms with E-state index < -0.39 is 12.1 Å². The molecule has 0 aliphatic heterocycles. The van der Waals surface area contributed by atoms with Gasteiger partial charge in [-0.3, -0.25) is 9.59 Å². The van der Waals surface area contributed by atoms with Gasteiger partial charge in [0.05, 0.1) is 25.4 Å². The quantitative estimate of drug-likeness (QED) is 0.0320. The molecule has 2 atom stereocenters. The summed E-state index contributed by atoms with van der Waals surface area (Å²) >= 11 is 0. The van der Waals surface area contributed by atoms with Crippen molar-refractivity contribution in [2.75, 3.05) is 13.2 Å². The molecule has 2 unspecified atom stereocenters. The van der Waals surface area contributed by atoms with Crippen molar-refractivity contribution in [3.05, 3.63) is 24.3 Å². The van der Waals surface area contributed by atoms with Crippen LogP contribution in [0.4, 0.5) is 0 Å². The minimum Gasteiger partial charge on any atom is -0.466 e. The molecule has 558 valence electrons. The predicted octanol–water partition coefficient (Wildman–Crippen LogP) is 29.2. The van der Waals surface area contributed by atoms with Gasteiger partial charge in [0, 0.05) is 12.8 Å². The molecule has 0 fully saturated rings. The molecular weight excluding hydrogens is 1150 g/mol. The Morgan fingerprint density at radius 1 is 0.287 bits per heavy atom. The highest BCUT2D eigenvalue weighted by molar-refractivity contribution is 5.76. The molecule has 0 saturated heterocycles. The monoisotopic (exact) mass is 1320 g/mol. The summed E-state index contributed by atoms with van der Waals surface area (Å²) in [7, 11) is 0. The smallest absolute Gasteiger partial charge is 0.305 e. The van der Waals surface area contributed by atoms with Crippen LogP contribution >= 0.6 is 0 Å². The lowest BCUT2D eigenvalue weighted by Gasteiger charge is -2.22. The van der Waals surface area contributed by atoms with E-state index >= 15 is 0 Å². The van der Waals surface area contributed by atoms with Gasteiger partial charge >= 0.3 is 5.97 Å². The van der Waals surface area contributed by atoms with Gasteiger partial charge in [0.15, 0.2) is 0 Å². The second-order valence-corrected chi connectivity index (χ2v) is 30.2. The number of amides is 1. The standard InChI is InChI=1S/C88H171NO5/c1-3-5-7-9-11-13-15-17-19-21-23-24-38-41-45-48-52-56-60-64-68-72-76-80-86(91)85(84-90)89-87(92)81-77-73-69-65-61-57-53-49-46-42-39-36-34-32-30-28-26-25-27-29-31-33-35-37-40-43-47-51-55-59-63-67-71-75-79-83-94-88(93)82-78-74-70-66-62-58-54-50-44-22-20-18-16-14-12-10-8-6-4-2/h18,20,27,29,85-86,90-91H,3-17,19,21-26,28,30-84H2,1-2H3,(H,89,92)/b20-18-,29-27-. The first kappa shape index (κ1) is 92.3. The van der Waals surface area contributed by atoms with Crippen LogP contribution in [0.25, 0.3) is 0 Å².